The first-order valence-electron chi connectivity index (χ1n) is 5.62. The van der Waals surface area contributed by atoms with E-state index in [1.165, 1.54) is 16.7 Å². The van der Waals surface area contributed by atoms with E-state index in [1.807, 2.05) is 0 Å². The second-order valence-electron chi connectivity index (χ2n) is 4.76. The highest BCUT2D eigenvalue weighted by molar-refractivity contribution is 5.34. The largest absolute Gasteiger partial charge is 0.372 e. The molecule has 2 rings (SSSR count). The van der Waals surface area contributed by atoms with Crippen molar-refractivity contribution in [3.63, 3.8) is 0 Å². The Labute approximate surface area is 91.4 Å². The molecule has 2 heteroatoms. The van der Waals surface area contributed by atoms with Gasteiger partial charge in [0.1, 0.15) is 0 Å². The summed E-state index contributed by atoms with van der Waals surface area (Å²) in [6, 6.07) is 6.66. The Morgan fingerprint density at radius 1 is 1.27 bits per heavy atom. The van der Waals surface area contributed by atoms with E-state index in [0.29, 0.717) is 5.92 Å². The molecule has 0 fully saturated rings. The van der Waals surface area contributed by atoms with Crippen LogP contribution in [0.15, 0.2) is 18.2 Å². The zero-order chi connectivity index (χ0) is 10.8. The molecule has 1 heterocycles. The third kappa shape index (κ3) is 2.39. The molecule has 82 valence electrons. The van der Waals surface area contributed by atoms with Crippen LogP contribution in [0.5, 0.6) is 0 Å². The van der Waals surface area contributed by atoms with Gasteiger partial charge in [-0.1, -0.05) is 32.0 Å². The molecular weight excluding hydrogens is 186 g/mol. The van der Waals surface area contributed by atoms with Crippen LogP contribution in [0.1, 0.15) is 43.0 Å². The average Bonchev–Trinajstić information content (AvgIpc) is 2.62. The molecule has 0 radical (unpaired) electrons. The normalized spacial score (nSPS) is 16.8. The molecule has 1 aromatic carbocycles. The minimum Gasteiger partial charge on any atom is -0.372 e. The van der Waals surface area contributed by atoms with Crippen LogP contribution in [-0.2, 0) is 18.0 Å². The van der Waals surface area contributed by atoms with Gasteiger partial charge in [0.05, 0.1) is 13.2 Å². The smallest absolute Gasteiger partial charge is 0.0725 e. The fourth-order valence-electron chi connectivity index (χ4n) is 2.07. The van der Waals surface area contributed by atoms with Gasteiger partial charge in [0, 0.05) is 6.04 Å². The van der Waals surface area contributed by atoms with Gasteiger partial charge in [-0.15, -0.1) is 0 Å². The Morgan fingerprint density at radius 3 is 2.73 bits per heavy atom. The second kappa shape index (κ2) is 4.33. The number of nitrogens with two attached hydrogens (primary N) is 1. The van der Waals surface area contributed by atoms with Gasteiger partial charge in [0.2, 0.25) is 0 Å². The summed E-state index contributed by atoms with van der Waals surface area (Å²) in [6.45, 7) is 5.92. The highest BCUT2D eigenvalue weighted by Crippen LogP contribution is 2.25. The highest BCUT2D eigenvalue weighted by atomic mass is 16.5. The van der Waals surface area contributed by atoms with E-state index in [4.69, 9.17) is 10.5 Å². The van der Waals surface area contributed by atoms with Crippen molar-refractivity contribution in [2.24, 2.45) is 11.7 Å². The quantitative estimate of drug-likeness (QED) is 0.823. The average molecular weight is 205 g/mol. The summed E-state index contributed by atoms with van der Waals surface area (Å²) >= 11 is 0. The van der Waals surface area contributed by atoms with E-state index in [-0.39, 0.29) is 6.04 Å². The van der Waals surface area contributed by atoms with Gasteiger partial charge in [0.25, 0.3) is 0 Å². The Morgan fingerprint density at radius 2 is 2.00 bits per heavy atom. The van der Waals surface area contributed by atoms with Gasteiger partial charge in [-0.3, -0.25) is 0 Å². The van der Waals surface area contributed by atoms with Crippen LogP contribution in [0.2, 0.25) is 0 Å². The van der Waals surface area contributed by atoms with Crippen molar-refractivity contribution in [1.82, 2.24) is 0 Å². The number of benzene rings is 1. The molecule has 0 amide bonds. The van der Waals surface area contributed by atoms with Crippen molar-refractivity contribution in [2.45, 2.75) is 39.5 Å². The van der Waals surface area contributed by atoms with Crippen molar-refractivity contribution in [3.8, 4) is 0 Å². The monoisotopic (exact) mass is 205 g/mol. The maximum absolute atomic E-state index is 6.15. The molecule has 0 aliphatic carbocycles. The van der Waals surface area contributed by atoms with Crippen molar-refractivity contribution in [3.05, 3.63) is 34.9 Å². The molecule has 2 nitrogen and oxygen atoms in total. The molecule has 0 saturated carbocycles. The van der Waals surface area contributed by atoms with Crippen LogP contribution in [0.25, 0.3) is 0 Å². The minimum atomic E-state index is 0.163. The van der Waals surface area contributed by atoms with E-state index in [9.17, 15) is 0 Å². The lowest BCUT2D eigenvalue weighted by Crippen LogP contribution is -2.13. The molecule has 1 atom stereocenters. The molecule has 1 aliphatic heterocycles. The van der Waals surface area contributed by atoms with E-state index in [2.05, 4.69) is 32.0 Å². The molecule has 0 aromatic heterocycles. The summed E-state index contributed by atoms with van der Waals surface area (Å²) in [5, 5.41) is 0. The third-order valence-electron chi connectivity index (χ3n) is 2.90. The molecule has 1 unspecified atom stereocenters. The summed E-state index contributed by atoms with van der Waals surface area (Å²) < 4.78 is 5.39. The van der Waals surface area contributed by atoms with Crippen LogP contribution in [0, 0.1) is 5.92 Å². The van der Waals surface area contributed by atoms with Crippen LogP contribution in [0.3, 0.4) is 0 Å². The maximum atomic E-state index is 6.15. The number of hydrogen-bond acceptors (Lipinski definition) is 2. The lowest BCUT2D eigenvalue weighted by molar-refractivity contribution is 0.134. The fraction of sp³-hybridized carbons (Fsp3) is 0.538. The molecule has 1 aromatic rings. The first kappa shape index (κ1) is 10.7. The molecule has 0 saturated heterocycles. The second-order valence-corrected chi connectivity index (χ2v) is 4.76. The predicted molar refractivity (Wildman–Crippen MR) is 61.3 cm³/mol. The Bertz CT molecular complexity index is 346. The molecule has 0 bridgehead atoms. The summed E-state index contributed by atoms with van der Waals surface area (Å²) in [5.74, 6) is 0.643. The molecule has 15 heavy (non-hydrogen) atoms. The van der Waals surface area contributed by atoms with E-state index in [0.717, 1.165) is 19.6 Å². The molecular formula is C13H19NO. The van der Waals surface area contributed by atoms with Gasteiger partial charge < -0.3 is 10.5 Å². The Kier molecular flexibility index (Phi) is 3.08. The highest BCUT2D eigenvalue weighted by Gasteiger charge is 2.14. The van der Waals surface area contributed by atoms with Crippen molar-refractivity contribution in [2.75, 3.05) is 0 Å². The summed E-state index contributed by atoms with van der Waals surface area (Å²) in [7, 11) is 0. The Balaban J connectivity index is 2.15. The van der Waals surface area contributed by atoms with Crippen LogP contribution in [0.4, 0.5) is 0 Å². The molecule has 2 N–H and O–H groups in total. The van der Waals surface area contributed by atoms with Crippen LogP contribution in [-0.4, -0.2) is 0 Å². The standard InChI is InChI=1S/C13H19NO/c1-9(2)5-13(14)10-3-4-11-7-15-8-12(11)6-10/h3-4,6,9,13H,5,7-8,14H2,1-2H3. The van der Waals surface area contributed by atoms with Crippen LogP contribution < -0.4 is 5.73 Å². The molecule has 0 spiro atoms. The van der Waals surface area contributed by atoms with Crippen molar-refractivity contribution < 1.29 is 4.74 Å². The van der Waals surface area contributed by atoms with E-state index < -0.39 is 0 Å². The van der Waals surface area contributed by atoms with Gasteiger partial charge >= 0.3 is 0 Å². The number of fused-ring (bicyclic) bond motifs is 1. The fourth-order valence-corrected chi connectivity index (χ4v) is 2.07. The first-order valence-corrected chi connectivity index (χ1v) is 5.62. The van der Waals surface area contributed by atoms with Gasteiger partial charge in [-0.2, -0.15) is 0 Å². The third-order valence-corrected chi connectivity index (χ3v) is 2.90. The minimum absolute atomic E-state index is 0.163. The van der Waals surface area contributed by atoms with Crippen molar-refractivity contribution in [1.29, 1.82) is 0 Å². The zero-order valence-corrected chi connectivity index (χ0v) is 9.49. The van der Waals surface area contributed by atoms with Gasteiger partial charge in [0.15, 0.2) is 0 Å². The number of ether oxygens (including phenoxy) is 1. The zero-order valence-electron chi connectivity index (χ0n) is 9.49. The predicted octanol–water partition coefficient (Wildman–Crippen LogP) is 2.76. The van der Waals surface area contributed by atoms with Crippen molar-refractivity contribution >= 4 is 0 Å². The summed E-state index contributed by atoms with van der Waals surface area (Å²) in [5.41, 5.74) is 10.0. The van der Waals surface area contributed by atoms with E-state index >= 15 is 0 Å². The lowest BCUT2D eigenvalue weighted by Gasteiger charge is -2.15. The SMILES string of the molecule is CC(C)CC(N)c1ccc2c(c1)COC2. The van der Waals surface area contributed by atoms with Gasteiger partial charge in [-0.25, -0.2) is 0 Å². The van der Waals surface area contributed by atoms with E-state index in [1.54, 1.807) is 0 Å². The summed E-state index contributed by atoms with van der Waals surface area (Å²) in [6.07, 6.45) is 1.04. The Hall–Kier alpha value is -0.860. The number of hydrogen-bond donors (Lipinski definition) is 1. The number of rotatable bonds is 3. The topological polar surface area (TPSA) is 35.2 Å². The first-order chi connectivity index (χ1) is 7.16. The molecule has 1 aliphatic rings. The van der Waals surface area contributed by atoms with Crippen LogP contribution >= 0.6 is 0 Å². The maximum Gasteiger partial charge on any atom is 0.0725 e. The summed E-state index contributed by atoms with van der Waals surface area (Å²) in [4.78, 5) is 0. The van der Waals surface area contributed by atoms with Gasteiger partial charge in [-0.05, 0) is 29.0 Å². The lowest BCUT2D eigenvalue weighted by atomic mass is 9.95.